The molecule has 43 heavy (non-hydrogen) atoms. The van der Waals surface area contributed by atoms with Gasteiger partial charge >= 0.3 is 12.0 Å². The number of unbranched alkanes of at least 4 members (excludes halogenated alkanes) is 1. The van der Waals surface area contributed by atoms with E-state index in [9.17, 15) is 15.0 Å². The Morgan fingerprint density at radius 3 is 2.30 bits per heavy atom. The fourth-order valence-corrected chi connectivity index (χ4v) is 5.04. The van der Waals surface area contributed by atoms with Crippen molar-refractivity contribution >= 4 is 40.3 Å². The molecule has 222 valence electrons. The standard InChI is InChI=1S/C32H30Cl2N4O5/c33-26-13-12-24(15-25(26)31(41)42)43-32-36-28-16-27(34)29(37-30(28)38-32)22-10-8-21(9-11-22)20-6-4-19(5-7-20)17-35-14-2-1-3-23(40)18-39/h4-13,15-16,23,35,39-40H,1-3,14,17-18H2,(H,41,42)(H,36,37,38). The highest BCUT2D eigenvalue weighted by atomic mass is 35.5. The molecule has 0 saturated carbocycles. The molecule has 0 saturated heterocycles. The highest BCUT2D eigenvalue weighted by molar-refractivity contribution is 6.34. The lowest BCUT2D eigenvalue weighted by atomic mass is 10.0. The van der Waals surface area contributed by atoms with Crippen LogP contribution in [0.4, 0.5) is 0 Å². The number of aliphatic hydroxyl groups excluding tert-OH is 2. The number of aromatic carboxylic acids is 1. The van der Waals surface area contributed by atoms with Crippen LogP contribution >= 0.6 is 23.2 Å². The van der Waals surface area contributed by atoms with E-state index >= 15 is 0 Å². The smallest absolute Gasteiger partial charge is 0.337 e. The summed E-state index contributed by atoms with van der Waals surface area (Å²) in [5.74, 6) is -0.895. The van der Waals surface area contributed by atoms with Gasteiger partial charge in [0.1, 0.15) is 5.75 Å². The summed E-state index contributed by atoms with van der Waals surface area (Å²) in [5.41, 5.74) is 5.63. The molecular formula is C32H30Cl2N4O5. The Labute approximate surface area is 258 Å². The first-order valence-corrected chi connectivity index (χ1v) is 14.5. The third-order valence-electron chi connectivity index (χ3n) is 6.91. The molecule has 9 nitrogen and oxygen atoms in total. The molecule has 3 aromatic carbocycles. The number of nitrogens with one attached hydrogen (secondary N) is 2. The van der Waals surface area contributed by atoms with Crippen molar-refractivity contribution in [3.8, 4) is 34.1 Å². The van der Waals surface area contributed by atoms with Crippen molar-refractivity contribution in [1.82, 2.24) is 20.3 Å². The van der Waals surface area contributed by atoms with E-state index in [1.165, 1.54) is 17.7 Å². The second-order valence-corrected chi connectivity index (χ2v) is 10.9. The maximum Gasteiger partial charge on any atom is 0.337 e. The normalized spacial score (nSPS) is 12.0. The predicted octanol–water partition coefficient (Wildman–Crippen LogP) is 6.70. The van der Waals surface area contributed by atoms with Crippen molar-refractivity contribution in [2.75, 3.05) is 13.2 Å². The number of aromatic nitrogens is 3. The maximum absolute atomic E-state index is 11.4. The van der Waals surface area contributed by atoms with Gasteiger partial charge in [-0.1, -0.05) is 71.7 Å². The molecule has 0 spiro atoms. The molecule has 11 heteroatoms. The van der Waals surface area contributed by atoms with E-state index in [2.05, 4.69) is 44.5 Å². The van der Waals surface area contributed by atoms with Crippen LogP contribution in [0.3, 0.4) is 0 Å². The van der Waals surface area contributed by atoms with Crippen LogP contribution in [0.15, 0.2) is 72.8 Å². The fraction of sp³-hybridized carbons (Fsp3) is 0.219. The summed E-state index contributed by atoms with van der Waals surface area (Å²) >= 11 is 12.5. The minimum absolute atomic E-state index is 0.0740. The molecule has 0 aliphatic rings. The molecule has 0 fully saturated rings. The summed E-state index contributed by atoms with van der Waals surface area (Å²) in [7, 11) is 0. The maximum atomic E-state index is 11.4. The largest absolute Gasteiger partial charge is 0.478 e. The molecule has 5 rings (SSSR count). The van der Waals surface area contributed by atoms with Crippen molar-refractivity contribution in [2.24, 2.45) is 0 Å². The predicted molar refractivity (Wildman–Crippen MR) is 167 cm³/mol. The number of H-pyrrole nitrogens is 1. The number of carboxylic acids is 1. The Morgan fingerprint density at radius 1 is 0.907 bits per heavy atom. The quantitative estimate of drug-likeness (QED) is 0.0915. The van der Waals surface area contributed by atoms with Crippen LogP contribution in [0.2, 0.25) is 10.0 Å². The number of imidazole rings is 1. The van der Waals surface area contributed by atoms with Crippen LogP contribution in [0, 0.1) is 0 Å². The lowest BCUT2D eigenvalue weighted by Crippen LogP contribution is -2.16. The van der Waals surface area contributed by atoms with E-state index in [4.69, 9.17) is 33.0 Å². The molecule has 5 N–H and O–H groups in total. The highest BCUT2D eigenvalue weighted by Gasteiger charge is 2.15. The molecular weight excluding hydrogens is 591 g/mol. The number of hydrogen-bond acceptors (Lipinski definition) is 7. The number of pyridine rings is 1. The van der Waals surface area contributed by atoms with Gasteiger partial charge in [-0.05, 0) is 66.8 Å². The molecule has 0 radical (unpaired) electrons. The molecule has 0 aliphatic carbocycles. The van der Waals surface area contributed by atoms with E-state index in [0.29, 0.717) is 28.3 Å². The molecule has 0 aliphatic heterocycles. The highest BCUT2D eigenvalue weighted by Crippen LogP contribution is 2.32. The Hall–Kier alpha value is -3.99. The number of aliphatic hydroxyl groups is 2. The summed E-state index contributed by atoms with van der Waals surface area (Å²) < 4.78 is 5.72. The molecule has 0 amide bonds. The summed E-state index contributed by atoms with van der Waals surface area (Å²) in [5, 5.41) is 31.5. The van der Waals surface area contributed by atoms with Gasteiger partial charge < -0.3 is 30.4 Å². The van der Waals surface area contributed by atoms with Gasteiger partial charge in [-0.25, -0.2) is 9.78 Å². The monoisotopic (exact) mass is 620 g/mol. The topological polar surface area (TPSA) is 141 Å². The van der Waals surface area contributed by atoms with E-state index in [1.807, 2.05) is 24.3 Å². The number of aromatic amines is 1. The van der Waals surface area contributed by atoms with E-state index < -0.39 is 12.1 Å². The first kappa shape index (κ1) is 30.5. The van der Waals surface area contributed by atoms with Crippen LogP contribution in [0.1, 0.15) is 35.2 Å². The minimum Gasteiger partial charge on any atom is -0.478 e. The summed E-state index contributed by atoms with van der Waals surface area (Å²) in [6.45, 7) is 1.43. The van der Waals surface area contributed by atoms with Crippen LogP contribution in [0.25, 0.3) is 33.5 Å². The lowest BCUT2D eigenvalue weighted by molar-refractivity contribution is 0.0696. The average molecular weight is 622 g/mol. The Morgan fingerprint density at radius 2 is 1.60 bits per heavy atom. The van der Waals surface area contributed by atoms with Crippen molar-refractivity contribution in [1.29, 1.82) is 0 Å². The first-order valence-electron chi connectivity index (χ1n) is 13.8. The van der Waals surface area contributed by atoms with Gasteiger partial charge in [-0.15, -0.1) is 0 Å². The number of carbonyl (C=O) groups is 1. The molecule has 5 aromatic rings. The number of carboxylic acid groups (broad SMARTS) is 1. The number of nitrogens with zero attached hydrogens (tertiary/aromatic N) is 2. The number of rotatable bonds is 13. The first-order chi connectivity index (χ1) is 20.8. The zero-order chi connectivity index (χ0) is 30.3. The second-order valence-electron chi connectivity index (χ2n) is 10.1. The molecule has 2 heterocycles. The second kappa shape index (κ2) is 14.0. The van der Waals surface area contributed by atoms with Crippen molar-refractivity contribution in [3.05, 3.63) is 94.0 Å². The van der Waals surface area contributed by atoms with E-state index in [-0.39, 0.29) is 29.0 Å². The zero-order valence-electron chi connectivity index (χ0n) is 23.1. The zero-order valence-corrected chi connectivity index (χ0v) is 24.6. The van der Waals surface area contributed by atoms with Crippen molar-refractivity contribution in [2.45, 2.75) is 31.9 Å². The Bertz CT molecular complexity index is 1710. The lowest BCUT2D eigenvalue weighted by Gasteiger charge is -2.09. The van der Waals surface area contributed by atoms with Crippen LogP contribution in [-0.4, -0.2) is 55.5 Å². The van der Waals surface area contributed by atoms with Gasteiger partial charge in [0.25, 0.3) is 0 Å². The van der Waals surface area contributed by atoms with Gasteiger partial charge in [0.2, 0.25) is 0 Å². The van der Waals surface area contributed by atoms with Crippen LogP contribution in [0.5, 0.6) is 11.8 Å². The number of ether oxygens (including phenoxy) is 1. The van der Waals surface area contributed by atoms with Crippen LogP contribution < -0.4 is 10.1 Å². The van der Waals surface area contributed by atoms with Gasteiger partial charge in [-0.2, -0.15) is 4.98 Å². The molecule has 1 atom stereocenters. The van der Waals surface area contributed by atoms with E-state index in [0.717, 1.165) is 42.6 Å². The third kappa shape index (κ3) is 7.70. The summed E-state index contributed by atoms with van der Waals surface area (Å²) in [6.07, 6.45) is 1.81. The summed E-state index contributed by atoms with van der Waals surface area (Å²) in [6, 6.07) is 22.5. The molecule has 2 aromatic heterocycles. The van der Waals surface area contributed by atoms with Gasteiger partial charge in [0, 0.05) is 12.1 Å². The Balaban J connectivity index is 1.23. The van der Waals surface area contributed by atoms with Gasteiger partial charge in [0.05, 0.1) is 39.5 Å². The van der Waals surface area contributed by atoms with Gasteiger partial charge in [-0.3, -0.25) is 0 Å². The average Bonchev–Trinajstić information content (AvgIpc) is 3.40. The number of fused-ring (bicyclic) bond motifs is 1. The van der Waals surface area contributed by atoms with Crippen LogP contribution in [-0.2, 0) is 6.54 Å². The van der Waals surface area contributed by atoms with E-state index in [1.54, 1.807) is 12.1 Å². The third-order valence-corrected chi connectivity index (χ3v) is 7.53. The number of hydrogen-bond donors (Lipinski definition) is 5. The molecule has 0 bridgehead atoms. The molecule has 1 unspecified atom stereocenters. The van der Waals surface area contributed by atoms with Gasteiger partial charge in [0.15, 0.2) is 5.65 Å². The minimum atomic E-state index is -1.16. The number of halogens is 2. The summed E-state index contributed by atoms with van der Waals surface area (Å²) in [4.78, 5) is 23.4. The fourth-order valence-electron chi connectivity index (χ4n) is 4.58. The SMILES string of the molecule is O=C(O)c1cc(Oc2nc3nc(-c4ccc(-c5ccc(CNCCCCC(O)CO)cc5)cc4)c(Cl)cc3[nH]2)ccc1Cl. The number of benzene rings is 3. The van der Waals surface area contributed by atoms with Crippen molar-refractivity contribution < 1.29 is 24.9 Å². The Kier molecular flexibility index (Phi) is 9.91. The van der Waals surface area contributed by atoms with Crippen molar-refractivity contribution in [3.63, 3.8) is 0 Å².